The van der Waals surface area contributed by atoms with Gasteiger partial charge in [0, 0.05) is 24.2 Å². The first kappa shape index (κ1) is 19.6. The second kappa shape index (κ2) is 7.70. The molecule has 7 nitrogen and oxygen atoms in total. The average molecular weight is 435 g/mol. The van der Waals surface area contributed by atoms with Crippen LogP contribution < -0.4 is 9.46 Å². The van der Waals surface area contributed by atoms with Crippen molar-refractivity contribution in [2.75, 3.05) is 11.8 Å². The maximum absolute atomic E-state index is 13.1. The summed E-state index contributed by atoms with van der Waals surface area (Å²) >= 11 is 0. The lowest BCUT2D eigenvalue weighted by Crippen LogP contribution is -2.15. The SMILES string of the molecule is COc1ccc(-c2cn3cccnc3n2)cc1NS(=O)(=O)c1ccc2c(c1)CCCC2. The van der Waals surface area contributed by atoms with Crippen molar-refractivity contribution >= 4 is 21.5 Å². The van der Waals surface area contributed by atoms with Crippen LogP contribution in [0.15, 0.2) is 66.0 Å². The van der Waals surface area contributed by atoms with Crippen molar-refractivity contribution in [3.05, 3.63) is 72.2 Å². The van der Waals surface area contributed by atoms with Gasteiger partial charge in [0.25, 0.3) is 10.0 Å². The lowest BCUT2D eigenvalue weighted by molar-refractivity contribution is 0.417. The molecular weight excluding hydrogens is 412 g/mol. The number of sulfonamides is 1. The highest BCUT2D eigenvalue weighted by Gasteiger charge is 2.20. The molecular formula is C23H22N4O3S. The van der Waals surface area contributed by atoms with Crippen LogP contribution in [0.2, 0.25) is 0 Å². The highest BCUT2D eigenvalue weighted by molar-refractivity contribution is 7.92. The smallest absolute Gasteiger partial charge is 0.262 e. The van der Waals surface area contributed by atoms with E-state index in [1.807, 2.05) is 35.0 Å². The fourth-order valence-electron chi connectivity index (χ4n) is 4.00. The molecule has 0 saturated heterocycles. The third-order valence-corrected chi connectivity index (χ3v) is 6.97. The Morgan fingerprint density at radius 3 is 2.71 bits per heavy atom. The van der Waals surface area contributed by atoms with Crippen molar-refractivity contribution in [2.24, 2.45) is 0 Å². The summed E-state index contributed by atoms with van der Waals surface area (Å²) in [5, 5.41) is 0. The van der Waals surface area contributed by atoms with Crippen molar-refractivity contribution < 1.29 is 13.2 Å². The van der Waals surface area contributed by atoms with Crippen LogP contribution in [0.5, 0.6) is 5.75 Å². The van der Waals surface area contributed by atoms with E-state index in [0.29, 0.717) is 22.9 Å². The van der Waals surface area contributed by atoms with Gasteiger partial charge in [-0.05, 0) is 73.2 Å². The molecule has 1 aliphatic rings. The van der Waals surface area contributed by atoms with Crippen LogP contribution in [0, 0.1) is 0 Å². The summed E-state index contributed by atoms with van der Waals surface area (Å²) in [7, 11) is -2.26. The summed E-state index contributed by atoms with van der Waals surface area (Å²) in [6.45, 7) is 0. The number of aromatic nitrogens is 3. The summed E-state index contributed by atoms with van der Waals surface area (Å²) in [6, 6.07) is 12.5. The van der Waals surface area contributed by atoms with E-state index in [0.717, 1.165) is 36.8 Å². The number of rotatable bonds is 5. The molecule has 0 aliphatic heterocycles. The van der Waals surface area contributed by atoms with Gasteiger partial charge in [0.05, 0.1) is 23.4 Å². The van der Waals surface area contributed by atoms with E-state index in [4.69, 9.17) is 4.74 Å². The number of imidazole rings is 1. The summed E-state index contributed by atoms with van der Waals surface area (Å²) in [4.78, 5) is 9.01. The van der Waals surface area contributed by atoms with Gasteiger partial charge in [0.1, 0.15) is 5.75 Å². The molecule has 0 radical (unpaired) electrons. The number of hydrogen-bond acceptors (Lipinski definition) is 5. The second-order valence-corrected chi connectivity index (χ2v) is 9.29. The van der Waals surface area contributed by atoms with Crippen LogP contribution in [0.1, 0.15) is 24.0 Å². The number of ether oxygens (including phenoxy) is 1. The van der Waals surface area contributed by atoms with Crippen LogP contribution in [0.25, 0.3) is 17.0 Å². The number of hydrogen-bond donors (Lipinski definition) is 1. The van der Waals surface area contributed by atoms with Crippen molar-refractivity contribution in [1.82, 2.24) is 14.4 Å². The maximum atomic E-state index is 13.1. The zero-order chi connectivity index (χ0) is 21.4. The minimum absolute atomic E-state index is 0.262. The quantitative estimate of drug-likeness (QED) is 0.511. The number of nitrogens with one attached hydrogen (secondary N) is 1. The molecule has 2 aromatic heterocycles. The predicted molar refractivity (Wildman–Crippen MR) is 119 cm³/mol. The van der Waals surface area contributed by atoms with Gasteiger partial charge in [-0.25, -0.2) is 18.4 Å². The second-order valence-electron chi connectivity index (χ2n) is 7.61. The van der Waals surface area contributed by atoms with Crippen LogP contribution >= 0.6 is 0 Å². The van der Waals surface area contributed by atoms with E-state index < -0.39 is 10.0 Å². The van der Waals surface area contributed by atoms with Crippen LogP contribution in [0.4, 0.5) is 5.69 Å². The van der Waals surface area contributed by atoms with Crippen LogP contribution in [-0.2, 0) is 22.9 Å². The molecule has 1 aliphatic carbocycles. The highest BCUT2D eigenvalue weighted by atomic mass is 32.2. The standard InChI is InChI=1S/C23H22N4O3S/c1-30-22-10-8-18(21-15-27-12-4-11-24-23(27)25-21)14-20(22)26-31(28,29)19-9-7-16-5-2-3-6-17(16)13-19/h4,7-15,26H,2-3,5-6H2,1H3. The molecule has 0 atom stereocenters. The Morgan fingerprint density at radius 2 is 1.90 bits per heavy atom. The van der Waals surface area contributed by atoms with Crippen molar-refractivity contribution in [3.63, 3.8) is 0 Å². The molecule has 8 heteroatoms. The lowest BCUT2D eigenvalue weighted by Gasteiger charge is -2.17. The largest absolute Gasteiger partial charge is 0.495 e. The molecule has 0 amide bonds. The molecule has 0 bridgehead atoms. The summed E-state index contributed by atoms with van der Waals surface area (Å²) < 4.78 is 36.2. The van der Waals surface area contributed by atoms with E-state index >= 15 is 0 Å². The van der Waals surface area contributed by atoms with E-state index in [1.54, 1.807) is 30.5 Å². The van der Waals surface area contributed by atoms with Crippen LogP contribution in [0.3, 0.4) is 0 Å². The van der Waals surface area contributed by atoms with Gasteiger partial charge in [-0.15, -0.1) is 0 Å². The van der Waals surface area contributed by atoms with Gasteiger partial charge in [0.2, 0.25) is 5.78 Å². The molecule has 0 unspecified atom stereocenters. The minimum atomic E-state index is -3.77. The van der Waals surface area contributed by atoms with Crippen LogP contribution in [-0.4, -0.2) is 29.9 Å². The first-order chi connectivity index (χ1) is 15.0. The van der Waals surface area contributed by atoms with E-state index in [2.05, 4.69) is 14.7 Å². The normalized spacial score (nSPS) is 13.7. The fraction of sp³-hybridized carbons (Fsp3) is 0.217. The molecule has 0 saturated carbocycles. The van der Waals surface area contributed by atoms with Gasteiger partial charge in [0.15, 0.2) is 0 Å². The number of anilines is 1. The monoisotopic (exact) mass is 434 g/mol. The topological polar surface area (TPSA) is 85.6 Å². The van der Waals surface area contributed by atoms with Crippen molar-refractivity contribution in [3.8, 4) is 17.0 Å². The molecule has 1 N–H and O–H groups in total. The Kier molecular flexibility index (Phi) is 4.86. The Labute approximate surface area is 180 Å². The van der Waals surface area contributed by atoms with Gasteiger partial charge in [-0.1, -0.05) is 6.07 Å². The molecule has 5 rings (SSSR count). The van der Waals surface area contributed by atoms with E-state index in [-0.39, 0.29) is 4.90 Å². The molecule has 31 heavy (non-hydrogen) atoms. The number of benzene rings is 2. The highest BCUT2D eigenvalue weighted by Crippen LogP contribution is 2.32. The number of nitrogens with zero attached hydrogens (tertiary/aromatic N) is 3. The van der Waals surface area contributed by atoms with Crippen molar-refractivity contribution in [1.29, 1.82) is 0 Å². The summed E-state index contributed by atoms with van der Waals surface area (Å²) in [5.41, 5.74) is 4.17. The average Bonchev–Trinajstić information content (AvgIpc) is 3.23. The Hall–Kier alpha value is -3.39. The Morgan fingerprint density at radius 1 is 1.06 bits per heavy atom. The third-order valence-electron chi connectivity index (χ3n) is 5.61. The summed E-state index contributed by atoms with van der Waals surface area (Å²) in [6.07, 6.45) is 9.56. The predicted octanol–water partition coefficient (Wildman–Crippen LogP) is 4.08. The Balaban J connectivity index is 1.51. The van der Waals surface area contributed by atoms with Gasteiger partial charge in [-0.2, -0.15) is 0 Å². The lowest BCUT2D eigenvalue weighted by atomic mass is 9.92. The van der Waals surface area contributed by atoms with E-state index in [1.165, 1.54) is 12.7 Å². The first-order valence-corrected chi connectivity index (χ1v) is 11.6. The Bertz CT molecular complexity index is 1350. The number of methoxy groups -OCH3 is 1. The summed E-state index contributed by atoms with van der Waals surface area (Å²) in [5.74, 6) is 1.01. The maximum Gasteiger partial charge on any atom is 0.262 e. The van der Waals surface area contributed by atoms with E-state index in [9.17, 15) is 8.42 Å². The zero-order valence-electron chi connectivity index (χ0n) is 17.1. The molecule has 2 aromatic carbocycles. The zero-order valence-corrected chi connectivity index (χ0v) is 17.9. The third kappa shape index (κ3) is 3.74. The first-order valence-electron chi connectivity index (χ1n) is 10.2. The van der Waals surface area contributed by atoms with Gasteiger partial charge >= 0.3 is 0 Å². The number of fused-ring (bicyclic) bond motifs is 2. The molecule has 158 valence electrons. The van der Waals surface area contributed by atoms with Gasteiger partial charge in [-0.3, -0.25) is 9.12 Å². The molecule has 4 aromatic rings. The van der Waals surface area contributed by atoms with Crippen molar-refractivity contribution in [2.45, 2.75) is 30.6 Å². The molecule has 0 fully saturated rings. The minimum Gasteiger partial charge on any atom is -0.495 e. The molecule has 0 spiro atoms. The number of aryl methyl sites for hydroxylation is 2. The van der Waals surface area contributed by atoms with Gasteiger partial charge < -0.3 is 4.74 Å². The molecule has 2 heterocycles. The fourth-order valence-corrected chi connectivity index (χ4v) is 5.11.